The first-order valence-corrected chi connectivity index (χ1v) is 6.88. The molecule has 3 heteroatoms. The van der Waals surface area contributed by atoms with Gasteiger partial charge in [-0.15, -0.1) is 0 Å². The van der Waals surface area contributed by atoms with E-state index in [4.69, 9.17) is 9.15 Å². The van der Waals surface area contributed by atoms with Gasteiger partial charge in [0.25, 0.3) is 0 Å². The molecular weight excluding hydrogens is 238 g/mol. The third-order valence-electron chi connectivity index (χ3n) is 3.67. The third-order valence-corrected chi connectivity index (χ3v) is 3.67. The van der Waals surface area contributed by atoms with Crippen molar-refractivity contribution in [3.8, 4) is 5.75 Å². The average Bonchev–Trinajstić information content (AvgIpc) is 2.95. The number of nitrogens with one attached hydrogen (secondary N) is 1. The molecule has 0 saturated carbocycles. The molecule has 0 radical (unpaired) electrons. The van der Waals surface area contributed by atoms with Crippen LogP contribution in [0.1, 0.15) is 30.1 Å². The number of piperidine rings is 1. The summed E-state index contributed by atoms with van der Waals surface area (Å²) < 4.78 is 11.4. The van der Waals surface area contributed by atoms with Crippen LogP contribution in [0.2, 0.25) is 0 Å². The lowest BCUT2D eigenvalue weighted by Crippen LogP contribution is -2.26. The van der Waals surface area contributed by atoms with Gasteiger partial charge in [-0.3, -0.25) is 0 Å². The van der Waals surface area contributed by atoms with Gasteiger partial charge in [0.05, 0.1) is 6.26 Å². The zero-order valence-electron chi connectivity index (χ0n) is 11.0. The van der Waals surface area contributed by atoms with Gasteiger partial charge in [0.15, 0.2) is 0 Å². The van der Waals surface area contributed by atoms with Gasteiger partial charge < -0.3 is 14.5 Å². The predicted molar refractivity (Wildman–Crippen MR) is 74.3 cm³/mol. The van der Waals surface area contributed by atoms with Gasteiger partial charge in [-0.25, -0.2) is 0 Å². The van der Waals surface area contributed by atoms with E-state index in [0.29, 0.717) is 12.5 Å². The van der Waals surface area contributed by atoms with Gasteiger partial charge in [-0.2, -0.15) is 0 Å². The zero-order valence-corrected chi connectivity index (χ0v) is 11.0. The van der Waals surface area contributed by atoms with E-state index in [2.05, 4.69) is 11.4 Å². The van der Waals surface area contributed by atoms with Gasteiger partial charge in [-0.05, 0) is 50.0 Å². The molecule has 1 fully saturated rings. The van der Waals surface area contributed by atoms with Crippen LogP contribution >= 0.6 is 0 Å². The Bertz CT molecular complexity index is 500. The molecular formula is C16H19NO2. The molecule has 0 amide bonds. The van der Waals surface area contributed by atoms with E-state index in [1.165, 1.54) is 18.4 Å². The van der Waals surface area contributed by atoms with Crippen LogP contribution in [0.25, 0.3) is 0 Å². The molecule has 0 atom stereocenters. The third kappa shape index (κ3) is 2.99. The first-order chi connectivity index (χ1) is 9.43. The highest BCUT2D eigenvalue weighted by molar-refractivity contribution is 5.25. The smallest absolute Gasteiger partial charge is 0.146 e. The summed E-state index contributed by atoms with van der Waals surface area (Å²) in [6, 6.07) is 12.0. The van der Waals surface area contributed by atoms with Crippen molar-refractivity contribution in [3.05, 3.63) is 54.0 Å². The number of ether oxygens (including phenoxy) is 1. The number of hydrogen-bond donors (Lipinski definition) is 1. The molecule has 3 rings (SSSR count). The van der Waals surface area contributed by atoms with Crippen molar-refractivity contribution in [2.24, 2.45) is 0 Å². The van der Waals surface area contributed by atoms with Gasteiger partial charge >= 0.3 is 0 Å². The Morgan fingerprint density at radius 2 is 1.89 bits per heavy atom. The largest absolute Gasteiger partial charge is 0.486 e. The van der Waals surface area contributed by atoms with Gasteiger partial charge in [-0.1, -0.05) is 18.2 Å². The number of hydrogen-bond acceptors (Lipinski definition) is 3. The molecule has 2 aromatic rings. The van der Waals surface area contributed by atoms with Crippen molar-refractivity contribution < 1.29 is 9.15 Å². The van der Waals surface area contributed by atoms with E-state index in [-0.39, 0.29) is 0 Å². The van der Waals surface area contributed by atoms with Gasteiger partial charge in [0.1, 0.15) is 18.1 Å². The Hall–Kier alpha value is -1.74. The summed E-state index contributed by atoms with van der Waals surface area (Å²) >= 11 is 0. The fourth-order valence-corrected chi connectivity index (χ4v) is 2.63. The van der Waals surface area contributed by atoms with Crippen LogP contribution in [0.4, 0.5) is 0 Å². The highest BCUT2D eigenvalue weighted by Gasteiger charge is 2.20. The molecule has 0 unspecified atom stereocenters. The molecule has 19 heavy (non-hydrogen) atoms. The number of furan rings is 1. The molecule has 3 nitrogen and oxygen atoms in total. The zero-order chi connectivity index (χ0) is 12.9. The minimum Gasteiger partial charge on any atom is -0.486 e. The lowest BCUT2D eigenvalue weighted by Gasteiger charge is -2.22. The fraction of sp³-hybridized carbons (Fsp3) is 0.375. The molecule has 0 bridgehead atoms. The monoisotopic (exact) mass is 257 g/mol. The van der Waals surface area contributed by atoms with Crippen LogP contribution in [0.3, 0.4) is 0 Å². The van der Waals surface area contributed by atoms with Gasteiger partial charge in [0, 0.05) is 5.56 Å². The van der Waals surface area contributed by atoms with E-state index in [0.717, 1.165) is 24.6 Å². The number of para-hydroxylation sites is 1. The molecule has 1 aliphatic rings. The maximum atomic E-state index is 5.77. The van der Waals surface area contributed by atoms with Crippen LogP contribution in [-0.4, -0.2) is 13.1 Å². The van der Waals surface area contributed by atoms with E-state index < -0.39 is 0 Å². The van der Waals surface area contributed by atoms with Crippen molar-refractivity contribution >= 4 is 0 Å². The van der Waals surface area contributed by atoms with Crippen LogP contribution in [0.5, 0.6) is 5.75 Å². The quantitative estimate of drug-likeness (QED) is 0.912. The standard InChI is InChI=1S/C16H19NO2/c1-2-4-14(5-3-1)19-12-16-15(8-11-18-16)13-6-9-17-10-7-13/h1-5,8,11,13,17H,6-7,9-10,12H2. The lowest BCUT2D eigenvalue weighted by molar-refractivity contribution is 0.266. The Balaban J connectivity index is 1.66. The van der Waals surface area contributed by atoms with Gasteiger partial charge in [0.2, 0.25) is 0 Å². The molecule has 2 heterocycles. The van der Waals surface area contributed by atoms with E-state index >= 15 is 0 Å². The summed E-state index contributed by atoms with van der Waals surface area (Å²) in [7, 11) is 0. The highest BCUT2D eigenvalue weighted by Crippen LogP contribution is 2.29. The molecule has 100 valence electrons. The molecule has 1 aliphatic heterocycles. The van der Waals surface area contributed by atoms with Crippen molar-refractivity contribution in [1.29, 1.82) is 0 Å². The number of rotatable bonds is 4. The maximum absolute atomic E-state index is 5.77. The highest BCUT2D eigenvalue weighted by atomic mass is 16.5. The van der Waals surface area contributed by atoms with Crippen LogP contribution in [0, 0.1) is 0 Å². The molecule has 1 aromatic heterocycles. The summed E-state index contributed by atoms with van der Waals surface area (Å²) in [5, 5.41) is 3.39. The SMILES string of the molecule is c1ccc(OCc2occc2C2CCNCC2)cc1. The normalized spacial score (nSPS) is 16.4. The van der Waals surface area contributed by atoms with Crippen molar-refractivity contribution in [3.63, 3.8) is 0 Å². The molecule has 0 aliphatic carbocycles. The van der Waals surface area contributed by atoms with Crippen LogP contribution in [-0.2, 0) is 6.61 Å². The Morgan fingerprint density at radius 3 is 2.68 bits per heavy atom. The van der Waals surface area contributed by atoms with Crippen LogP contribution in [0.15, 0.2) is 47.1 Å². The second-order valence-corrected chi connectivity index (χ2v) is 4.93. The Morgan fingerprint density at radius 1 is 1.11 bits per heavy atom. The molecule has 1 N–H and O–H groups in total. The van der Waals surface area contributed by atoms with Crippen LogP contribution < -0.4 is 10.1 Å². The topological polar surface area (TPSA) is 34.4 Å². The van der Waals surface area contributed by atoms with E-state index in [1.54, 1.807) is 6.26 Å². The minimum absolute atomic E-state index is 0.510. The summed E-state index contributed by atoms with van der Waals surface area (Å²) in [6.45, 7) is 2.69. The molecule has 1 aromatic carbocycles. The van der Waals surface area contributed by atoms with E-state index in [9.17, 15) is 0 Å². The minimum atomic E-state index is 0.510. The van der Waals surface area contributed by atoms with Crippen molar-refractivity contribution in [2.45, 2.75) is 25.4 Å². The predicted octanol–water partition coefficient (Wildman–Crippen LogP) is 3.33. The Labute approximate surface area is 113 Å². The summed E-state index contributed by atoms with van der Waals surface area (Å²) in [5.74, 6) is 2.46. The second kappa shape index (κ2) is 5.93. The Kier molecular flexibility index (Phi) is 3.84. The van der Waals surface area contributed by atoms with Crippen molar-refractivity contribution in [1.82, 2.24) is 5.32 Å². The molecule has 0 spiro atoms. The fourth-order valence-electron chi connectivity index (χ4n) is 2.63. The van der Waals surface area contributed by atoms with E-state index in [1.807, 2.05) is 30.3 Å². The van der Waals surface area contributed by atoms with Crippen molar-refractivity contribution in [2.75, 3.05) is 13.1 Å². The summed E-state index contributed by atoms with van der Waals surface area (Å²) in [6.07, 6.45) is 4.14. The average molecular weight is 257 g/mol. The first kappa shape index (κ1) is 12.3. The lowest BCUT2D eigenvalue weighted by atomic mass is 9.90. The number of benzene rings is 1. The summed E-state index contributed by atoms with van der Waals surface area (Å²) in [4.78, 5) is 0. The second-order valence-electron chi connectivity index (χ2n) is 4.93. The molecule has 1 saturated heterocycles. The summed E-state index contributed by atoms with van der Waals surface area (Å²) in [5.41, 5.74) is 1.32. The maximum Gasteiger partial charge on any atom is 0.146 e. The first-order valence-electron chi connectivity index (χ1n) is 6.88.